The van der Waals surface area contributed by atoms with Crippen LogP contribution < -0.4 is 4.74 Å². The minimum atomic E-state index is -0.0935. The molecular weight excluding hydrogens is 428 g/mol. The van der Waals surface area contributed by atoms with Gasteiger partial charge in [-0.2, -0.15) is 0 Å². The zero-order valence-electron chi connectivity index (χ0n) is 22.8. The molecule has 194 valence electrons. The first-order chi connectivity index (χ1) is 16.8. The van der Waals surface area contributed by atoms with Crippen LogP contribution in [0.2, 0.25) is 0 Å². The van der Waals surface area contributed by atoms with Crippen LogP contribution in [0, 0.1) is 46.3 Å². The van der Waals surface area contributed by atoms with Crippen molar-refractivity contribution in [2.24, 2.45) is 46.3 Å². The summed E-state index contributed by atoms with van der Waals surface area (Å²) in [6.45, 7) is 11.0. The largest absolute Gasteiger partial charge is 0.493 e. The Hall–Kier alpha value is -1.28. The van der Waals surface area contributed by atoms with Crippen molar-refractivity contribution in [3.63, 3.8) is 0 Å². The van der Waals surface area contributed by atoms with E-state index >= 15 is 0 Å². The van der Waals surface area contributed by atoms with E-state index in [4.69, 9.17) is 4.74 Å². The van der Waals surface area contributed by atoms with Gasteiger partial charge in [-0.3, -0.25) is 0 Å². The molecule has 9 atom stereocenters. The van der Waals surface area contributed by atoms with Gasteiger partial charge in [-0.15, -0.1) is 0 Å². The van der Waals surface area contributed by atoms with Crippen molar-refractivity contribution in [2.45, 2.75) is 104 Å². The molecule has 1 unspecified atom stereocenters. The summed E-state index contributed by atoms with van der Waals surface area (Å²) in [5, 5.41) is 10.3. The number of allylic oxidation sites excluding steroid dienone is 1. The molecule has 0 heterocycles. The van der Waals surface area contributed by atoms with Gasteiger partial charge < -0.3 is 9.84 Å². The summed E-state index contributed by atoms with van der Waals surface area (Å²) in [4.78, 5) is 0. The predicted octanol–water partition coefficient (Wildman–Crippen LogP) is 8.45. The molecule has 0 aromatic heterocycles. The Morgan fingerprint density at radius 3 is 2.57 bits per heavy atom. The van der Waals surface area contributed by atoms with Gasteiger partial charge >= 0.3 is 0 Å². The minimum absolute atomic E-state index is 0.0935. The molecule has 4 aliphatic rings. The number of para-hydroxylation sites is 1. The zero-order valence-corrected chi connectivity index (χ0v) is 22.8. The number of ether oxygens (including phenoxy) is 1. The lowest BCUT2D eigenvalue weighted by Crippen LogP contribution is -2.50. The van der Waals surface area contributed by atoms with Crippen molar-refractivity contribution in [2.75, 3.05) is 6.61 Å². The van der Waals surface area contributed by atoms with E-state index in [0.29, 0.717) is 16.7 Å². The van der Waals surface area contributed by atoms with Crippen LogP contribution in [0.25, 0.3) is 0 Å². The zero-order chi connectivity index (χ0) is 24.6. The smallest absolute Gasteiger partial charge is 0.119 e. The molecule has 1 aromatic carbocycles. The second-order valence-electron chi connectivity index (χ2n) is 13.5. The first kappa shape index (κ1) is 25.4. The molecule has 0 aliphatic heterocycles. The lowest BCUT2D eigenvalue weighted by molar-refractivity contribution is -0.0573. The number of fused-ring (bicyclic) bond motifs is 5. The Kier molecular flexibility index (Phi) is 7.42. The van der Waals surface area contributed by atoms with Crippen molar-refractivity contribution < 1.29 is 9.84 Å². The molecule has 4 aliphatic carbocycles. The lowest BCUT2D eigenvalue weighted by Gasteiger charge is -2.58. The number of aliphatic hydroxyl groups is 1. The number of hydrogen-bond donors (Lipinski definition) is 1. The van der Waals surface area contributed by atoms with Crippen molar-refractivity contribution in [3.05, 3.63) is 42.0 Å². The minimum Gasteiger partial charge on any atom is -0.493 e. The van der Waals surface area contributed by atoms with Gasteiger partial charge in [0, 0.05) is 0 Å². The summed E-state index contributed by atoms with van der Waals surface area (Å²) in [6, 6.07) is 10.3. The quantitative estimate of drug-likeness (QED) is 0.380. The number of hydrogen-bond acceptors (Lipinski definition) is 2. The van der Waals surface area contributed by atoms with Crippen LogP contribution in [0.4, 0.5) is 0 Å². The van der Waals surface area contributed by atoms with Crippen LogP contribution in [0.1, 0.15) is 98.3 Å². The van der Waals surface area contributed by atoms with Gasteiger partial charge in [-0.25, -0.2) is 0 Å². The van der Waals surface area contributed by atoms with Gasteiger partial charge in [0.2, 0.25) is 0 Å². The van der Waals surface area contributed by atoms with Gasteiger partial charge in [0.15, 0.2) is 0 Å². The average Bonchev–Trinajstić information content (AvgIpc) is 3.21. The van der Waals surface area contributed by atoms with E-state index in [1.807, 2.05) is 18.2 Å². The highest BCUT2D eigenvalue weighted by atomic mass is 16.5. The maximum absolute atomic E-state index is 10.3. The topological polar surface area (TPSA) is 29.5 Å². The molecule has 0 amide bonds. The van der Waals surface area contributed by atoms with Crippen molar-refractivity contribution in [1.29, 1.82) is 0 Å². The first-order valence-corrected chi connectivity index (χ1v) is 14.9. The van der Waals surface area contributed by atoms with Gasteiger partial charge in [-0.1, -0.05) is 70.4 Å². The highest BCUT2D eigenvalue weighted by molar-refractivity contribution is 5.25. The van der Waals surface area contributed by atoms with E-state index in [0.717, 1.165) is 54.8 Å². The SMILES string of the molecule is CC(CCC[C@@H](C)[C@H]1CC[C@H]2[C@@H]3CC=C4C[C@@H](O)CC[C@]4(C)[C@H]3CC[C@]12C)COc1ccccc1. The third kappa shape index (κ3) is 4.86. The maximum atomic E-state index is 10.3. The number of aliphatic hydroxyl groups excluding tert-OH is 1. The molecule has 1 aromatic rings. The standard InChI is InChI=1S/C33H50O2/c1-23(22-35-27-11-6-5-7-12-27)9-8-10-24(2)29-15-16-30-28-14-13-25-21-26(34)17-19-32(25,3)31(28)18-20-33(29,30)4/h5-7,11-13,23-24,26,28-31,34H,8-10,14-22H2,1-4H3/t23?,24-,26+,28+,29-,30+,31+,32+,33-/m1/s1. The molecule has 0 radical (unpaired) electrons. The van der Waals surface area contributed by atoms with E-state index in [1.165, 1.54) is 57.8 Å². The van der Waals surface area contributed by atoms with Crippen LogP contribution in [0.15, 0.2) is 42.0 Å². The Morgan fingerprint density at radius 1 is 0.971 bits per heavy atom. The van der Waals surface area contributed by atoms with Crippen LogP contribution in [0.5, 0.6) is 5.75 Å². The second kappa shape index (κ2) is 10.2. The number of rotatable bonds is 8. The monoisotopic (exact) mass is 478 g/mol. The summed E-state index contributed by atoms with van der Waals surface area (Å²) in [5.41, 5.74) is 2.51. The fraction of sp³-hybridized carbons (Fsp3) is 0.758. The fourth-order valence-corrected chi connectivity index (χ4v) is 9.44. The molecule has 3 fully saturated rings. The third-order valence-electron chi connectivity index (χ3n) is 11.5. The first-order valence-electron chi connectivity index (χ1n) is 14.9. The number of benzene rings is 1. The van der Waals surface area contributed by atoms with Crippen LogP contribution >= 0.6 is 0 Å². The van der Waals surface area contributed by atoms with Crippen molar-refractivity contribution >= 4 is 0 Å². The van der Waals surface area contributed by atoms with Crippen LogP contribution in [-0.2, 0) is 0 Å². The maximum Gasteiger partial charge on any atom is 0.119 e. The highest BCUT2D eigenvalue weighted by Crippen LogP contribution is 2.67. The molecule has 3 saturated carbocycles. The normalized spacial score (nSPS) is 40.1. The average molecular weight is 479 g/mol. The fourth-order valence-electron chi connectivity index (χ4n) is 9.44. The van der Waals surface area contributed by atoms with Crippen molar-refractivity contribution in [3.8, 4) is 5.75 Å². The van der Waals surface area contributed by atoms with E-state index < -0.39 is 0 Å². The molecule has 2 nitrogen and oxygen atoms in total. The molecule has 2 heteroatoms. The van der Waals surface area contributed by atoms with E-state index in [1.54, 1.807) is 5.57 Å². The van der Waals surface area contributed by atoms with Gasteiger partial charge in [-0.05, 0) is 116 Å². The Labute approximate surface area is 214 Å². The summed E-state index contributed by atoms with van der Waals surface area (Å²) < 4.78 is 6.00. The van der Waals surface area contributed by atoms with Gasteiger partial charge in [0.1, 0.15) is 5.75 Å². The Morgan fingerprint density at radius 2 is 1.77 bits per heavy atom. The molecule has 1 N–H and O–H groups in total. The second-order valence-corrected chi connectivity index (χ2v) is 13.5. The predicted molar refractivity (Wildman–Crippen MR) is 145 cm³/mol. The highest BCUT2D eigenvalue weighted by Gasteiger charge is 2.59. The Balaban J connectivity index is 1.15. The van der Waals surface area contributed by atoms with Gasteiger partial charge in [0.05, 0.1) is 12.7 Å². The van der Waals surface area contributed by atoms with Crippen LogP contribution in [-0.4, -0.2) is 17.8 Å². The molecule has 5 rings (SSSR count). The molecule has 35 heavy (non-hydrogen) atoms. The summed E-state index contributed by atoms with van der Waals surface area (Å²) >= 11 is 0. The third-order valence-corrected chi connectivity index (χ3v) is 11.5. The Bertz CT molecular complexity index is 876. The van der Waals surface area contributed by atoms with Gasteiger partial charge in [0.25, 0.3) is 0 Å². The summed E-state index contributed by atoms with van der Waals surface area (Å²) in [5.74, 6) is 5.99. The molecule has 0 spiro atoms. The molecule has 0 saturated heterocycles. The van der Waals surface area contributed by atoms with E-state index in [9.17, 15) is 5.11 Å². The summed E-state index contributed by atoms with van der Waals surface area (Å²) in [7, 11) is 0. The van der Waals surface area contributed by atoms with E-state index in [-0.39, 0.29) is 6.10 Å². The van der Waals surface area contributed by atoms with E-state index in [2.05, 4.69) is 45.9 Å². The summed E-state index contributed by atoms with van der Waals surface area (Å²) in [6.07, 6.45) is 16.6. The lowest BCUT2D eigenvalue weighted by atomic mass is 9.47. The van der Waals surface area contributed by atoms with Crippen molar-refractivity contribution in [1.82, 2.24) is 0 Å². The molecular formula is C33H50O2. The van der Waals surface area contributed by atoms with Crippen LogP contribution in [0.3, 0.4) is 0 Å². The molecule has 0 bridgehead atoms.